The molecular formula is C30H40Cl2N4O3S. The Morgan fingerprint density at radius 3 is 2.27 bits per heavy atom. The summed E-state index contributed by atoms with van der Waals surface area (Å²) in [7, 11) is -1.74. The minimum Gasteiger partial charge on any atom is -0.495 e. The lowest BCUT2D eigenvalue weighted by molar-refractivity contribution is 0.214. The van der Waals surface area contributed by atoms with E-state index in [4.69, 9.17) is 4.74 Å². The normalized spacial score (nSPS) is 19.8. The zero-order valence-electron chi connectivity index (χ0n) is 22.9. The van der Waals surface area contributed by atoms with Gasteiger partial charge in [0.25, 0.3) is 0 Å². The van der Waals surface area contributed by atoms with Crippen molar-refractivity contribution < 1.29 is 13.2 Å². The number of nitrogens with zero attached hydrogens (tertiary/aromatic N) is 3. The van der Waals surface area contributed by atoms with Crippen LogP contribution in [0.2, 0.25) is 0 Å². The average Bonchev–Trinajstić information content (AvgIpc) is 2.97. The Bertz CT molecular complexity index is 1280. The van der Waals surface area contributed by atoms with Gasteiger partial charge in [0, 0.05) is 44.6 Å². The van der Waals surface area contributed by atoms with Gasteiger partial charge in [-0.15, -0.1) is 24.8 Å². The molecule has 7 nitrogen and oxygen atoms in total. The fourth-order valence-electron chi connectivity index (χ4n) is 5.69. The van der Waals surface area contributed by atoms with Crippen molar-refractivity contribution in [3.05, 3.63) is 73.1 Å². The van der Waals surface area contributed by atoms with Crippen LogP contribution in [0.4, 0.5) is 5.69 Å². The van der Waals surface area contributed by atoms with E-state index in [1.807, 2.05) is 6.07 Å². The SMILES string of the molecule is COc1cc(-c2ccccc2)ccc1N1CCN(CCC2CCC(NS(=O)(=O)c3cccnc3)CC2)CC1.Cl.Cl. The van der Waals surface area contributed by atoms with Gasteiger partial charge >= 0.3 is 0 Å². The summed E-state index contributed by atoms with van der Waals surface area (Å²) in [5.74, 6) is 1.59. The lowest BCUT2D eigenvalue weighted by atomic mass is 9.84. The number of ether oxygens (including phenoxy) is 1. The molecule has 2 heterocycles. The molecule has 1 N–H and O–H groups in total. The number of hydrogen-bond donors (Lipinski definition) is 1. The second-order valence-electron chi connectivity index (χ2n) is 10.4. The Morgan fingerprint density at radius 1 is 0.900 bits per heavy atom. The van der Waals surface area contributed by atoms with Crippen LogP contribution in [0.5, 0.6) is 5.75 Å². The first-order valence-corrected chi connectivity index (χ1v) is 15.1. The molecule has 40 heavy (non-hydrogen) atoms. The maximum absolute atomic E-state index is 12.6. The zero-order valence-corrected chi connectivity index (χ0v) is 25.4. The zero-order chi connectivity index (χ0) is 26.4. The van der Waals surface area contributed by atoms with Crippen LogP contribution in [-0.2, 0) is 10.0 Å². The molecule has 2 aliphatic rings. The molecule has 1 aliphatic heterocycles. The van der Waals surface area contributed by atoms with E-state index in [0.717, 1.165) is 64.2 Å². The van der Waals surface area contributed by atoms with Crippen LogP contribution >= 0.6 is 24.8 Å². The fraction of sp³-hybridized carbons (Fsp3) is 0.433. The maximum atomic E-state index is 12.6. The summed E-state index contributed by atoms with van der Waals surface area (Å²) in [4.78, 5) is 9.18. The van der Waals surface area contributed by atoms with E-state index in [-0.39, 0.29) is 35.8 Å². The third-order valence-electron chi connectivity index (χ3n) is 7.97. The maximum Gasteiger partial charge on any atom is 0.242 e. The molecule has 0 bridgehead atoms. The highest BCUT2D eigenvalue weighted by molar-refractivity contribution is 7.89. The van der Waals surface area contributed by atoms with Crippen molar-refractivity contribution in [1.29, 1.82) is 0 Å². The molecule has 218 valence electrons. The van der Waals surface area contributed by atoms with Gasteiger partial charge in [-0.05, 0) is 80.0 Å². The highest BCUT2D eigenvalue weighted by atomic mass is 35.5. The minimum atomic E-state index is -3.49. The molecule has 0 unspecified atom stereocenters. The van der Waals surface area contributed by atoms with Gasteiger partial charge in [0.15, 0.2) is 0 Å². The van der Waals surface area contributed by atoms with Gasteiger partial charge < -0.3 is 9.64 Å². The average molecular weight is 608 g/mol. The molecule has 1 saturated carbocycles. The quantitative estimate of drug-likeness (QED) is 0.339. The third kappa shape index (κ3) is 8.10. The Balaban J connectivity index is 0.00000220. The smallest absolute Gasteiger partial charge is 0.242 e. The van der Waals surface area contributed by atoms with E-state index < -0.39 is 10.0 Å². The van der Waals surface area contributed by atoms with Crippen LogP contribution in [0.3, 0.4) is 0 Å². The predicted molar refractivity (Wildman–Crippen MR) is 167 cm³/mol. The Labute approximate surface area is 251 Å². The first kappa shape index (κ1) is 32.2. The Morgan fingerprint density at radius 2 is 1.62 bits per heavy atom. The Hall–Kier alpha value is -2.36. The number of anilines is 1. The summed E-state index contributed by atoms with van der Waals surface area (Å²) >= 11 is 0. The summed E-state index contributed by atoms with van der Waals surface area (Å²) in [6.07, 6.45) is 8.12. The summed E-state index contributed by atoms with van der Waals surface area (Å²) in [6, 6.07) is 20.2. The number of sulfonamides is 1. The van der Waals surface area contributed by atoms with Crippen molar-refractivity contribution in [2.45, 2.75) is 43.0 Å². The van der Waals surface area contributed by atoms with Gasteiger partial charge in [0.05, 0.1) is 12.8 Å². The molecule has 10 heteroatoms. The van der Waals surface area contributed by atoms with Crippen LogP contribution < -0.4 is 14.4 Å². The van der Waals surface area contributed by atoms with Crippen molar-refractivity contribution in [2.75, 3.05) is 44.7 Å². The van der Waals surface area contributed by atoms with Gasteiger partial charge in [-0.2, -0.15) is 0 Å². The summed E-state index contributed by atoms with van der Waals surface area (Å²) < 4.78 is 33.9. The first-order valence-electron chi connectivity index (χ1n) is 13.6. The third-order valence-corrected chi connectivity index (χ3v) is 9.47. The van der Waals surface area contributed by atoms with Crippen molar-refractivity contribution in [3.63, 3.8) is 0 Å². The highest BCUT2D eigenvalue weighted by Gasteiger charge is 2.27. The number of piperazine rings is 1. The van der Waals surface area contributed by atoms with Crippen LogP contribution in [-0.4, -0.2) is 64.2 Å². The van der Waals surface area contributed by atoms with E-state index in [1.54, 1.807) is 25.4 Å². The fourth-order valence-corrected chi connectivity index (χ4v) is 6.96. The number of benzene rings is 2. The molecule has 2 aromatic carbocycles. The van der Waals surface area contributed by atoms with Crippen molar-refractivity contribution in [3.8, 4) is 16.9 Å². The molecule has 2 fully saturated rings. The van der Waals surface area contributed by atoms with Gasteiger partial charge in [-0.3, -0.25) is 9.88 Å². The van der Waals surface area contributed by atoms with Crippen molar-refractivity contribution >= 4 is 40.5 Å². The number of hydrogen-bond acceptors (Lipinski definition) is 6. The van der Waals surface area contributed by atoms with Crippen LogP contribution in [0.1, 0.15) is 32.1 Å². The topological polar surface area (TPSA) is 74.8 Å². The number of pyridine rings is 1. The molecule has 0 spiro atoms. The lowest BCUT2D eigenvalue weighted by Gasteiger charge is -2.37. The number of aromatic nitrogens is 1. The number of rotatable bonds is 9. The molecule has 0 radical (unpaired) electrons. The summed E-state index contributed by atoms with van der Waals surface area (Å²) in [5.41, 5.74) is 3.53. The molecule has 1 aromatic heterocycles. The molecule has 1 saturated heterocycles. The van der Waals surface area contributed by atoms with E-state index in [9.17, 15) is 8.42 Å². The van der Waals surface area contributed by atoms with Crippen LogP contribution in [0, 0.1) is 5.92 Å². The largest absolute Gasteiger partial charge is 0.495 e. The van der Waals surface area contributed by atoms with E-state index in [1.165, 1.54) is 29.4 Å². The predicted octanol–water partition coefficient (Wildman–Crippen LogP) is 5.65. The molecule has 3 aromatic rings. The highest BCUT2D eigenvalue weighted by Crippen LogP contribution is 2.34. The standard InChI is InChI=1S/C30H38N4O3S.2ClH/c1-37-30-22-26(25-6-3-2-4-7-25)11-14-29(30)34-20-18-33(19-21-34)17-15-24-9-12-27(13-10-24)32-38(35,36)28-8-5-16-31-23-28;;/h2-8,11,14,16,22-24,27,32H,9-10,12-13,15,17-21H2,1H3;2*1H. The second-order valence-corrected chi connectivity index (χ2v) is 12.1. The minimum absolute atomic E-state index is 0. The van der Waals surface area contributed by atoms with Crippen molar-refractivity contribution in [1.82, 2.24) is 14.6 Å². The number of methoxy groups -OCH3 is 1. The molecule has 0 amide bonds. The van der Waals surface area contributed by atoms with E-state index >= 15 is 0 Å². The van der Waals surface area contributed by atoms with Crippen molar-refractivity contribution in [2.24, 2.45) is 5.92 Å². The van der Waals surface area contributed by atoms with E-state index in [0.29, 0.717) is 5.92 Å². The number of halogens is 2. The summed E-state index contributed by atoms with van der Waals surface area (Å²) in [5, 5.41) is 0. The van der Waals surface area contributed by atoms with Gasteiger partial charge in [-0.25, -0.2) is 13.1 Å². The molecule has 0 atom stereocenters. The summed E-state index contributed by atoms with van der Waals surface area (Å²) in [6.45, 7) is 5.18. The molecule has 5 rings (SSSR count). The van der Waals surface area contributed by atoms with Crippen LogP contribution in [0.15, 0.2) is 78.0 Å². The van der Waals surface area contributed by atoms with Gasteiger partial charge in [0.1, 0.15) is 10.6 Å². The van der Waals surface area contributed by atoms with Gasteiger partial charge in [0.2, 0.25) is 10.0 Å². The van der Waals surface area contributed by atoms with E-state index in [2.05, 4.69) is 62.0 Å². The number of nitrogens with one attached hydrogen (secondary N) is 1. The van der Waals surface area contributed by atoms with Crippen LogP contribution in [0.25, 0.3) is 11.1 Å². The Kier molecular flexibility index (Phi) is 12.1. The first-order chi connectivity index (χ1) is 18.5. The monoisotopic (exact) mass is 606 g/mol. The molecule has 1 aliphatic carbocycles. The molecular weight excluding hydrogens is 567 g/mol. The second kappa shape index (κ2) is 15.0. The van der Waals surface area contributed by atoms with Gasteiger partial charge in [-0.1, -0.05) is 36.4 Å². The lowest BCUT2D eigenvalue weighted by Crippen LogP contribution is -2.47.